The highest BCUT2D eigenvalue weighted by molar-refractivity contribution is 6.09. The van der Waals surface area contributed by atoms with Crippen molar-refractivity contribution in [3.63, 3.8) is 0 Å². The Morgan fingerprint density at radius 2 is 1.81 bits per heavy atom. The molecule has 0 fully saturated rings. The monoisotopic (exact) mass is 287 g/mol. The third-order valence-electron chi connectivity index (χ3n) is 3.15. The van der Waals surface area contributed by atoms with E-state index in [-0.39, 0.29) is 17.2 Å². The number of aryl methyl sites for hydroxylation is 1. The summed E-state index contributed by atoms with van der Waals surface area (Å²) in [6.45, 7) is 5.38. The van der Waals surface area contributed by atoms with Crippen LogP contribution in [0.25, 0.3) is 0 Å². The minimum absolute atomic E-state index is 0.0174. The predicted octanol–water partition coefficient (Wildman–Crippen LogP) is 1.31. The van der Waals surface area contributed by atoms with Gasteiger partial charge in [-0.25, -0.2) is 4.79 Å². The highest BCUT2D eigenvalue weighted by atomic mass is 16.2. The summed E-state index contributed by atoms with van der Waals surface area (Å²) in [5, 5.41) is 0. The van der Waals surface area contributed by atoms with E-state index in [1.165, 1.54) is 6.07 Å². The lowest BCUT2D eigenvalue weighted by Crippen LogP contribution is -2.30. The first-order valence-electron chi connectivity index (χ1n) is 6.58. The number of carbonyl (C=O) groups is 1. The van der Waals surface area contributed by atoms with Gasteiger partial charge in [0.25, 0.3) is 5.56 Å². The van der Waals surface area contributed by atoms with Crippen LogP contribution >= 0.6 is 0 Å². The second-order valence-corrected chi connectivity index (χ2v) is 5.31. The van der Waals surface area contributed by atoms with Crippen LogP contribution in [0, 0.1) is 6.92 Å². The van der Waals surface area contributed by atoms with Crippen molar-refractivity contribution >= 4 is 11.5 Å². The van der Waals surface area contributed by atoms with Gasteiger partial charge in [0.1, 0.15) is 0 Å². The third-order valence-corrected chi connectivity index (χ3v) is 3.15. The summed E-state index contributed by atoms with van der Waals surface area (Å²) < 4.78 is 0. The fourth-order valence-electron chi connectivity index (χ4n) is 2.31. The zero-order valence-electron chi connectivity index (χ0n) is 12.1. The van der Waals surface area contributed by atoms with Crippen molar-refractivity contribution in [1.29, 1.82) is 0 Å². The van der Waals surface area contributed by atoms with Crippen LogP contribution in [0.1, 0.15) is 46.9 Å². The van der Waals surface area contributed by atoms with Gasteiger partial charge in [0, 0.05) is 16.8 Å². The number of nitrogen functional groups attached to an aromatic ring is 1. The van der Waals surface area contributed by atoms with Crippen LogP contribution in [0.4, 0.5) is 5.69 Å². The number of ketones is 1. The van der Waals surface area contributed by atoms with Gasteiger partial charge in [0.2, 0.25) is 5.78 Å². The molecule has 0 amide bonds. The molecule has 0 atom stereocenters. The molecule has 1 aromatic heterocycles. The molecule has 0 bridgehead atoms. The van der Waals surface area contributed by atoms with Crippen LogP contribution in [0.2, 0.25) is 0 Å². The number of aromatic nitrogens is 2. The van der Waals surface area contributed by atoms with Gasteiger partial charge in [0.15, 0.2) is 0 Å². The molecular formula is C15H17N3O3. The maximum Gasteiger partial charge on any atom is 0.326 e. The SMILES string of the molecule is Cc1cc(N)cc(C(=O)c2[nH]c(=O)[nH]c(=O)c2C(C)C)c1. The number of hydrogen-bond acceptors (Lipinski definition) is 4. The highest BCUT2D eigenvalue weighted by Gasteiger charge is 2.20. The molecule has 2 rings (SSSR count). The standard InChI is InChI=1S/C15H17N3O3/c1-7(2)11-12(17-15(21)18-14(11)20)13(19)9-4-8(3)5-10(16)6-9/h4-7H,16H2,1-3H3,(H2,17,18,20,21). The summed E-state index contributed by atoms with van der Waals surface area (Å²) in [5.74, 6) is -0.621. The molecule has 6 nitrogen and oxygen atoms in total. The van der Waals surface area contributed by atoms with Gasteiger partial charge in [0.05, 0.1) is 5.69 Å². The van der Waals surface area contributed by atoms with Crippen molar-refractivity contribution in [3.05, 3.63) is 61.4 Å². The van der Waals surface area contributed by atoms with Crippen molar-refractivity contribution in [1.82, 2.24) is 9.97 Å². The molecule has 0 aliphatic carbocycles. The fourth-order valence-corrected chi connectivity index (χ4v) is 2.31. The van der Waals surface area contributed by atoms with E-state index in [1.807, 2.05) is 6.92 Å². The number of rotatable bonds is 3. The van der Waals surface area contributed by atoms with Gasteiger partial charge in [-0.05, 0) is 36.6 Å². The molecular weight excluding hydrogens is 270 g/mol. The first-order valence-corrected chi connectivity index (χ1v) is 6.58. The van der Waals surface area contributed by atoms with E-state index in [2.05, 4.69) is 9.97 Å². The zero-order valence-corrected chi connectivity index (χ0v) is 12.1. The van der Waals surface area contributed by atoms with Crippen molar-refractivity contribution in [2.24, 2.45) is 0 Å². The van der Waals surface area contributed by atoms with Crippen LogP contribution < -0.4 is 17.0 Å². The van der Waals surface area contributed by atoms with E-state index >= 15 is 0 Å². The first kappa shape index (κ1) is 14.8. The second kappa shape index (κ2) is 5.40. The molecule has 0 spiro atoms. The highest BCUT2D eigenvalue weighted by Crippen LogP contribution is 2.18. The lowest BCUT2D eigenvalue weighted by molar-refractivity contribution is 0.103. The first-order chi connectivity index (χ1) is 9.79. The Bertz CT molecular complexity index is 795. The molecule has 2 aromatic rings. The molecule has 0 radical (unpaired) electrons. The molecule has 0 saturated heterocycles. The fraction of sp³-hybridized carbons (Fsp3) is 0.267. The quantitative estimate of drug-likeness (QED) is 0.584. The number of benzene rings is 1. The van der Waals surface area contributed by atoms with E-state index in [0.717, 1.165) is 5.56 Å². The molecule has 110 valence electrons. The maximum absolute atomic E-state index is 12.6. The van der Waals surface area contributed by atoms with Crippen LogP contribution in [0.5, 0.6) is 0 Å². The molecule has 21 heavy (non-hydrogen) atoms. The number of aromatic amines is 2. The number of nitrogens with two attached hydrogens (primary N) is 1. The van der Waals surface area contributed by atoms with Crippen LogP contribution in [-0.4, -0.2) is 15.8 Å². The minimum atomic E-state index is -0.701. The van der Waals surface area contributed by atoms with Crippen molar-refractivity contribution in [2.45, 2.75) is 26.7 Å². The Morgan fingerprint density at radius 3 is 2.38 bits per heavy atom. The van der Waals surface area contributed by atoms with Gasteiger partial charge in [-0.2, -0.15) is 0 Å². The zero-order chi connectivity index (χ0) is 15.7. The third kappa shape index (κ3) is 2.94. The number of hydrogen-bond donors (Lipinski definition) is 3. The lowest BCUT2D eigenvalue weighted by atomic mass is 9.96. The summed E-state index contributed by atoms with van der Waals surface area (Å²) in [6, 6.07) is 4.93. The summed E-state index contributed by atoms with van der Waals surface area (Å²) >= 11 is 0. The van der Waals surface area contributed by atoms with Gasteiger partial charge < -0.3 is 10.7 Å². The van der Waals surface area contributed by atoms with Gasteiger partial charge in [-0.1, -0.05) is 13.8 Å². The molecule has 0 unspecified atom stereocenters. The second-order valence-electron chi connectivity index (χ2n) is 5.31. The van der Waals surface area contributed by atoms with Crippen molar-refractivity contribution in [3.8, 4) is 0 Å². The Labute approximate surface area is 121 Å². The Balaban J connectivity index is 2.68. The molecule has 1 heterocycles. The Morgan fingerprint density at radius 1 is 1.14 bits per heavy atom. The maximum atomic E-state index is 12.6. The smallest absolute Gasteiger partial charge is 0.326 e. The van der Waals surface area contributed by atoms with Crippen molar-refractivity contribution < 1.29 is 4.79 Å². The average molecular weight is 287 g/mol. The summed E-state index contributed by atoms with van der Waals surface area (Å²) in [5.41, 5.74) is 6.41. The number of carbonyl (C=O) groups excluding carboxylic acids is 1. The Hall–Kier alpha value is -2.63. The molecule has 0 aliphatic heterocycles. The van der Waals surface area contributed by atoms with E-state index in [0.29, 0.717) is 11.3 Å². The molecule has 0 aliphatic rings. The largest absolute Gasteiger partial charge is 0.399 e. The van der Waals surface area contributed by atoms with Gasteiger partial charge in [-0.3, -0.25) is 14.6 Å². The molecule has 1 aromatic carbocycles. The van der Waals surface area contributed by atoms with E-state index in [1.54, 1.807) is 26.0 Å². The summed E-state index contributed by atoms with van der Waals surface area (Å²) in [7, 11) is 0. The van der Waals surface area contributed by atoms with Gasteiger partial charge in [-0.15, -0.1) is 0 Å². The summed E-state index contributed by atoms with van der Waals surface area (Å²) in [6.07, 6.45) is 0. The predicted molar refractivity (Wildman–Crippen MR) is 80.8 cm³/mol. The van der Waals surface area contributed by atoms with Crippen LogP contribution in [-0.2, 0) is 0 Å². The van der Waals surface area contributed by atoms with Crippen LogP contribution in [0.3, 0.4) is 0 Å². The number of anilines is 1. The topological polar surface area (TPSA) is 109 Å². The Kier molecular flexibility index (Phi) is 3.80. The number of nitrogens with one attached hydrogen (secondary N) is 2. The van der Waals surface area contributed by atoms with Crippen LogP contribution in [0.15, 0.2) is 27.8 Å². The minimum Gasteiger partial charge on any atom is -0.399 e. The number of H-pyrrole nitrogens is 2. The van der Waals surface area contributed by atoms with Crippen molar-refractivity contribution in [2.75, 3.05) is 5.73 Å². The molecule has 0 saturated carbocycles. The lowest BCUT2D eigenvalue weighted by Gasteiger charge is -2.10. The normalized spacial score (nSPS) is 10.9. The molecule has 6 heteroatoms. The summed E-state index contributed by atoms with van der Waals surface area (Å²) in [4.78, 5) is 40.6. The average Bonchev–Trinajstić information content (AvgIpc) is 2.35. The molecule has 4 N–H and O–H groups in total. The van der Waals surface area contributed by atoms with E-state index < -0.39 is 17.0 Å². The van der Waals surface area contributed by atoms with Gasteiger partial charge >= 0.3 is 5.69 Å². The van der Waals surface area contributed by atoms with E-state index in [9.17, 15) is 14.4 Å². The van der Waals surface area contributed by atoms with E-state index in [4.69, 9.17) is 5.73 Å².